The third kappa shape index (κ3) is 5.40. The van der Waals surface area contributed by atoms with Crippen LogP contribution in [0.4, 0.5) is 35.1 Å². The van der Waals surface area contributed by atoms with Crippen molar-refractivity contribution >= 4 is 10.8 Å². The quantitative estimate of drug-likeness (QED) is 0.166. The lowest BCUT2D eigenvalue weighted by atomic mass is 9.99. The van der Waals surface area contributed by atoms with Crippen molar-refractivity contribution < 1.29 is 39.9 Å². The van der Waals surface area contributed by atoms with E-state index in [1.54, 1.807) is 6.92 Å². The summed E-state index contributed by atoms with van der Waals surface area (Å²) in [5, 5.41) is -0.938. The summed E-state index contributed by atoms with van der Waals surface area (Å²) in [5.41, 5.74) is -0.429. The van der Waals surface area contributed by atoms with Gasteiger partial charge in [-0.15, -0.1) is 0 Å². The van der Waals surface area contributed by atoms with E-state index in [0.717, 1.165) is 24.3 Å². The molecule has 0 heterocycles. The predicted octanol–water partition coefficient (Wildman–Crippen LogP) is 8.54. The summed E-state index contributed by atoms with van der Waals surface area (Å²) in [7, 11) is 0. The summed E-state index contributed by atoms with van der Waals surface area (Å²) in [6, 6.07) is 10.0. The Morgan fingerprint density at radius 3 is 1.89 bits per heavy atom. The van der Waals surface area contributed by atoms with Crippen molar-refractivity contribution in [1.29, 1.82) is 0 Å². The first-order valence-corrected chi connectivity index (χ1v) is 11.4. The lowest BCUT2D eigenvalue weighted by Gasteiger charge is -2.20. The van der Waals surface area contributed by atoms with Crippen LogP contribution in [-0.2, 0) is 25.4 Å². The summed E-state index contributed by atoms with van der Waals surface area (Å²) in [6.45, 7) is 1.75. The minimum absolute atomic E-state index is 0.0254. The fourth-order valence-electron chi connectivity index (χ4n) is 4.08. The summed E-state index contributed by atoms with van der Waals surface area (Å²) in [6.07, 6.45) is -3.10. The number of hydrogen-bond donors (Lipinski definition) is 0. The third-order valence-corrected chi connectivity index (χ3v) is 5.95. The number of benzene rings is 4. The monoisotopic (exact) mass is 524 g/mol. The number of aryl methyl sites for hydroxylation is 3. The van der Waals surface area contributed by atoms with Crippen molar-refractivity contribution in [2.45, 2.75) is 38.7 Å². The summed E-state index contributed by atoms with van der Waals surface area (Å²) in [4.78, 5) is 0. The van der Waals surface area contributed by atoms with Gasteiger partial charge in [0.2, 0.25) is 0 Å². The highest BCUT2D eigenvalue weighted by Crippen LogP contribution is 2.37. The van der Waals surface area contributed by atoms with Gasteiger partial charge in [-0.05, 0) is 77.7 Å². The van der Waals surface area contributed by atoms with Crippen LogP contribution in [0.3, 0.4) is 0 Å². The molecule has 194 valence electrons. The Balaban J connectivity index is 1.53. The van der Waals surface area contributed by atoms with Crippen LogP contribution in [0, 0.1) is 34.9 Å². The molecule has 0 amide bonds. The largest absolute Gasteiger partial charge is 0.429 e. The van der Waals surface area contributed by atoms with Crippen LogP contribution in [0.1, 0.15) is 35.6 Å². The van der Waals surface area contributed by atoms with E-state index >= 15 is 0 Å². The maximum absolute atomic E-state index is 15.0. The fourth-order valence-corrected chi connectivity index (χ4v) is 4.08. The highest BCUT2D eigenvalue weighted by Gasteiger charge is 2.39. The van der Waals surface area contributed by atoms with Crippen molar-refractivity contribution in [2.75, 3.05) is 0 Å². The van der Waals surface area contributed by atoms with Crippen LogP contribution < -0.4 is 4.74 Å². The molecule has 9 heteroatoms. The molecule has 4 rings (SSSR count). The van der Waals surface area contributed by atoms with Crippen LogP contribution in [0.25, 0.3) is 10.8 Å². The van der Waals surface area contributed by atoms with Crippen LogP contribution >= 0.6 is 0 Å². The highest BCUT2D eigenvalue weighted by molar-refractivity contribution is 5.85. The minimum atomic E-state index is -4.21. The van der Waals surface area contributed by atoms with E-state index < -0.39 is 52.0 Å². The van der Waals surface area contributed by atoms with E-state index in [2.05, 4.69) is 4.74 Å². The lowest BCUT2D eigenvalue weighted by Crippen LogP contribution is -2.23. The standard InChI is InChI=1S/C28H20F8O/c1-2-3-18-14-17-8-11-20(25(32)23(17)27(34)24(18)31)28(35,36)37-19-9-6-15(7-10-19)4-5-16-12-21(29)26(33)22(30)13-16/h6-14H,2-5H2,1H3. The normalized spacial score (nSPS) is 11.8. The third-order valence-electron chi connectivity index (χ3n) is 5.95. The molecule has 0 radical (unpaired) electrons. The second-order valence-corrected chi connectivity index (χ2v) is 8.58. The average Bonchev–Trinajstić information content (AvgIpc) is 2.85. The molecule has 0 aliphatic carbocycles. The van der Waals surface area contributed by atoms with E-state index in [-0.39, 0.29) is 41.5 Å². The summed E-state index contributed by atoms with van der Waals surface area (Å²) >= 11 is 0. The van der Waals surface area contributed by atoms with Gasteiger partial charge in [-0.2, -0.15) is 8.78 Å². The molecule has 4 aromatic carbocycles. The van der Waals surface area contributed by atoms with Gasteiger partial charge in [-0.1, -0.05) is 31.5 Å². The van der Waals surface area contributed by atoms with Crippen LogP contribution in [0.15, 0.2) is 54.6 Å². The van der Waals surface area contributed by atoms with Crippen molar-refractivity contribution in [1.82, 2.24) is 0 Å². The topological polar surface area (TPSA) is 9.23 Å². The second kappa shape index (κ2) is 10.4. The first-order valence-electron chi connectivity index (χ1n) is 11.4. The molecule has 4 aromatic rings. The minimum Gasteiger partial charge on any atom is -0.429 e. The van der Waals surface area contributed by atoms with Gasteiger partial charge in [-0.25, -0.2) is 26.3 Å². The smallest absolute Gasteiger partial charge is 0.429 e. The van der Waals surface area contributed by atoms with Crippen molar-refractivity contribution in [2.24, 2.45) is 0 Å². The van der Waals surface area contributed by atoms with Crippen LogP contribution in [0.2, 0.25) is 0 Å². The lowest BCUT2D eigenvalue weighted by molar-refractivity contribution is -0.187. The molecule has 37 heavy (non-hydrogen) atoms. The van der Waals surface area contributed by atoms with Crippen LogP contribution in [-0.4, -0.2) is 0 Å². The highest BCUT2D eigenvalue weighted by atomic mass is 19.3. The zero-order valence-electron chi connectivity index (χ0n) is 19.5. The van der Waals surface area contributed by atoms with Gasteiger partial charge in [0.05, 0.1) is 5.39 Å². The van der Waals surface area contributed by atoms with E-state index in [0.29, 0.717) is 12.0 Å². The average molecular weight is 524 g/mol. The van der Waals surface area contributed by atoms with E-state index in [9.17, 15) is 35.1 Å². The number of hydrogen-bond acceptors (Lipinski definition) is 1. The second-order valence-electron chi connectivity index (χ2n) is 8.58. The number of fused-ring (bicyclic) bond motifs is 1. The molecule has 0 atom stereocenters. The Morgan fingerprint density at radius 2 is 1.27 bits per heavy atom. The van der Waals surface area contributed by atoms with Gasteiger partial charge in [0.15, 0.2) is 29.1 Å². The van der Waals surface area contributed by atoms with Crippen molar-refractivity contribution in [3.63, 3.8) is 0 Å². The molecule has 0 unspecified atom stereocenters. The molecule has 0 fully saturated rings. The maximum Gasteiger partial charge on any atom is 0.429 e. The van der Waals surface area contributed by atoms with Gasteiger partial charge < -0.3 is 4.74 Å². The van der Waals surface area contributed by atoms with E-state index in [1.807, 2.05) is 0 Å². The van der Waals surface area contributed by atoms with Crippen LogP contribution in [0.5, 0.6) is 5.75 Å². The molecular weight excluding hydrogens is 504 g/mol. The molecule has 0 saturated heterocycles. The molecule has 0 aliphatic heterocycles. The molecule has 0 saturated carbocycles. The zero-order chi connectivity index (χ0) is 26.9. The predicted molar refractivity (Wildman–Crippen MR) is 123 cm³/mol. The zero-order valence-corrected chi connectivity index (χ0v) is 19.5. The Kier molecular flexibility index (Phi) is 7.43. The Labute approximate surface area is 207 Å². The number of alkyl halides is 2. The fraction of sp³-hybridized carbons (Fsp3) is 0.214. The number of ether oxygens (including phenoxy) is 1. The van der Waals surface area contributed by atoms with E-state index in [1.165, 1.54) is 30.3 Å². The molecule has 0 N–H and O–H groups in total. The molecule has 0 aliphatic rings. The van der Waals surface area contributed by atoms with Gasteiger partial charge >= 0.3 is 6.11 Å². The number of halogens is 8. The summed E-state index contributed by atoms with van der Waals surface area (Å²) < 4.78 is 118. The Morgan fingerprint density at radius 1 is 0.649 bits per heavy atom. The van der Waals surface area contributed by atoms with Gasteiger partial charge in [-0.3, -0.25) is 0 Å². The first kappa shape index (κ1) is 26.4. The van der Waals surface area contributed by atoms with Gasteiger partial charge in [0.1, 0.15) is 17.1 Å². The number of rotatable bonds is 8. The van der Waals surface area contributed by atoms with Crippen molar-refractivity contribution in [3.8, 4) is 5.75 Å². The SMILES string of the molecule is CCCc1cc2ccc(C(F)(F)Oc3ccc(CCc4cc(F)c(F)c(F)c4)cc3)c(F)c2c(F)c1F. The first-order chi connectivity index (χ1) is 17.5. The molecule has 0 aromatic heterocycles. The molecule has 0 spiro atoms. The maximum atomic E-state index is 15.0. The summed E-state index contributed by atoms with van der Waals surface area (Å²) in [5.74, 6) is -8.98. The Bertz CT molecular complexity index is 1420. The van der Waals surface area contributed by atoms with Gasteiger partial charge in [0.25, 0.3) is 0 Å². The molecule has 1 nitrogen and oxygen atoms in total. The van der Waals surface area contributed by atoms with Crippen molar-refractivity contribution in [3.05, 3.63) is 112 Å². The molecule has 0 bridgehead atoms. The molecular formula is C28H20F8O. The Hall–Kier alpha value is -3.62. The van der Waals surface area contributed by atoms with E-state index in [4.69, 9.17) is 0 Å². The van der Waals surface area contributed by atoms with Gasteiger partial charge in [0, 0.05) is 0 Å².